The molecule has 0 heterocycles. The Hall–Kier alpha value is -3.22. The summed E-state index contributed by atoms with van der Waals surface area (Å²) in [5.74, 6) is -0.649. The van der Waals surface area contributed by atoms with Gasteiger partial charge in [0.1, 0.15) is 5.75 Å². The summed E-state index contributed by atoms with van der Waals surface area (Å²) in [5, 5.41) is 4.38. The molecule has 0 aromatic heterocycles. The lowest BCUT2D eigenvalue weighted by Gasteiger charge is -2.06. The molecular weight excluding hydrogens is 468 g/mol. The maximum Gasteiger partial charge on any atom is 0.336 e. The Labute approximate surface area is 187 Å². The average Bonchev–Trinajstić information content (AvgIpc) is 2.75. The minimum atomic E-state index is -0.547. The Morgan fingerprint density at radius 2 is 1.73 bits per heavy atom. The molecule has 0 saturated heterocycles. The van der Waals surface area contributed by atoms with Crippen LogP contribution in [0.4, 0.5) is 0 Å². The van der Waals surface area contributed by atoms with E-state index < -0.39 is 5.97 Å². The maximum atomic E-state index is 12.2. The Balaban J connectivity index is 1.67. The van der Waals surface area contributed by atoms with Gasteiger partial charge < -0.3 is 4.74 Å². The van der Waals surface area contributed by atoms with Crippen molar-refractivity contribution in [1.82, 2.24) is 5.43 Å². The van der Waals surface area contributed by atoms with Crippen molar-refractivity contribution in [1.29, 1.82) is 0 Å². The van der Waals surface area contributed by atoms with Gasteiger partial charge in [-0.1, -0.05) is 57.9 Å². The third-order valence-electron chi connectivity index (χ3n) is 3.87. The first-order chi connectivity index (χ1) is 14.5. The van der Waals surface area contributed by atoms with E-state index in [9.17, 15) is 9.59 Å². The Kier molecular flexibility index (Phi) is 7.54. The van der Waals surface area contributed by atoms with Crippen LogP contribution in [-0.2, 0) is 4.79 Å². The quantitative estimate of drug-likeness (QED) is 0.166. The molecule has 0 atom stereocenters. The van der Waals surface area contributed by atoms with Crippen molar-refractivity contribution in [2.75, 3.05) is 0 Å². The number of carbonyl (C=O) groups is 2. The first-order valence-electron chi connectivity index (χ1n) is 8.85. The lowest BCUT2D eigenvalue weighted by Crippen LogP contribution is -2.17. The summed E-state index contributed by atoms with van der Waals surface area (Å²) >= 11 is 9.36. The standard InChI is InChI=1S/C23H16BrClN2O3/c24-19-9-7-17(8-10-19)23(29)27-26-15-18-14-20(25)11-12-21(18)30-22(28)13-6-16-4-2-1-3-5-16/h1-15H,(H,27,29)/b13-6+,26-15+. The van der Waals surface area contributed by atoms with Gasteiger partial charge in [-0.05, 0) is 54.1 Å². The number of nitrogens with one attached hydrogen (secondary N) is 1. The van der Waals surface area contributed by atoms with Gasteiger partial charge in [0.05, 0.1) is 6.21 Å². The first-order valence-corrected chi connectivity index (χ1v) is 10.0. The fourth-order valence-electron chi connectivity index (χ4n) is 2.41. The van der Waals surface area contributed by atoms with Crippen molar-refractivity contribution in [2.24, 2.45) is 5.10 Å². The lowest BCUT2D eigenvalue weighted by atomic mass is 10.2. The molecule has 3 aromatic carbocycles. The number of ether oxygens (including phenoxy) is 1. The van der Waals surface area contributed by atoms with E-state index in [1.165, 1.54) is 12.3 Å². The number of hydrazone groups is 1. The van der Waals surface area contributed by atoms with Gasteiger partial charge in [0.25, 0.3) is 5.91 Å². The molecule has 0 spiro atoms. The zero-order valence-corrected chi connectivity index (χ0v) is 17.9. The Morgan fingerprint density at radius 3 is 2.47 bits per heavy atom. The van der Waals surface area contributed by atoms with Crippen LogP contribution in [0.25, 0.3) is 6.08 Å². The summed E-state index contributed by atoms with van der Waals surface area (Å²) in [4.78, 5) is 24.3. The van der Waals surface area contributed by atoms with Crippen LogP contribution in [0.2, 0.25) is 5.02 Å². The number of amides is 1. The number of esters is 1. The Morgan fingerprint density at radius 1 is 1.00 bits per heavy atom. The molecule has 1 N–H and O–H groups in total. The number of benzene rings is 3. The van der Waals surface area contributed by atoms with Crippen molar-refractivity contribution in [3.8, 4) is 5.75 Å². The fourth-order valence-corrected chi connectivity index (χ4v) is 2.86. The highest BCUT2D eigenvalue weighted by Gasteiger charge is 2.08. The van der Waals surface area contributed by atoms with Crippen LogP contribution in [0.15, 0.2) is 88.4 Å². The fraction of sp³-hybridized carbons (Fsp3) is 0. The van der Waals surface area contributed by atoms with Crippen LogP contribution >= 0.6 is 27.5 Å². The number of carbonyl (C=O) groups excluding carboxylic acids is 2. The molecule has 0 bridgehead atoms. The minimum absolute atomic E-state index is 0.267. The summed E-state index contributed by atoms with van der Waals surface area (Å²) < 4.78 is 6.25. The molecule has 1 amide bonds. The molecular formula is C23H16BrClN2O3. The summed E-state index contributed by atoms with van der Waals surface area (Å²) in [6, 6.07) is 21.0. The van der Waals surface area contributed by atoms with Crippen molar-refractivity contribution in [3.05, 3.63) is 105 Å². The second-order valence-corrected chi connectivity index (χ2v) is 7.41. The largest absolute Gasteiger partial charge is 0.423 e. The normalized spacial score (nSPS) is 11.0. The SMILES string of the molecule is O=C(/C=C/c1ccccc1)Oc1ccc(Cl)cc1/C=N/NC(=O)c1ccc(Br)cc1. The number of rotatable bonds is 6. The van der Waals surface area contributed by atoms with Gasteiger partial charge in [0.2, 0.25) is 0 Å². The van der Waals surface area contributed by atoms with Crippen LogP contribution in [0.1, 0.15) is 21.5 Å². The molecule has 3 rings (SSSR count). The molecule has 0 saturated carbocycles. The number of halogens is 2. The molecule has 7 heteroatoms. The van der Waals surface area contributed by atoms with Crippen LogP contribution < -0.4 is 10.2 Å². The van der Waals surface area contributed by atoms with Crippen molar-refractivity contribution in [2.45, 2.75) is 0 Å². The zero-order chi connectivity index (χ0) is 21.3. The third-order valence-corrected chi connectivity index (χ3v) is 4.63. The van der Waals surface area contributed by atoms with Gasteiger partial charge in [0.15, 0.2) is 0 Å². The van der Waals surface area contributed by atoms with Gasteiger partial charge in [-0.2, -0.15) is 5.10 Å². The van der Waals surface area contributed by atoms with E-state index in [0.29, 0.717) is 16.1 Å². The van der Waals surface area contributed by atoms with E-state index in [2.05, 4.69) is 26.5 Å². The van der Waals surface area contributed by atoms with Crippen LogP contribution in [0.3, 0.4) is 0 Å². The minimum Gasteiger partial charge on any atom is -0.423 e. The molecule has 0 unspecified atom stereocenters. The van der Waals surface area contributed by atoms with Gasteiger partial charge in [-0.3, -0.25) is 4.79 Å². The molecule has 0 aliphatic heterocycles. The summed E-state index contributed by atoms with van der Waals surface area (Å²) in [6.45, 7) is 0. The van der Waals surface area contributed by atoms with Gasteiger partial charge in [0, 0.05) is 26.7 Å². The molecule has 30 heavy (non-hydrogen) atoms. The maximum absolute atomic E-state index is 12.2. The molecule has 3 aromatic rings. The average molecular weight is 484 g/mol. The molecule has 0 aliphatic rings. The summed E-state index contributed by atoms with van der Waals surface area (Å²) in [6.07, 6.45) is 4.36. The van der Waals surface area contributed by atoms with Crippen LogP contribution in [0.5, 0.6) is 5.75 Å². The highest BCUT2D eigenvalue weighted by atomic mass is 79.9. The Bertz CT molecular complexity index is 1100. The van der Waals surface area contributed by atoms with E-state index >= 15 is 0 Å². The summed E-state index contributed by atoms with van der Waals surface area (Å²) in [5.41, 5.74) is 4.21. The lowest BCUT2D eigenvalue weighted by molar-refractivity contribution is -0.128. The van der Waals surface area contributed by atoms with E-state index in [-0.39, 0.29) is 11.7 Å². The topological polar surface area (TPSA) is 67.8 Å². The van der Waals surface area contributed by atoms with E-state index in [1.54, 1.807) is 48.5 Å². The first kappa shape index (κ1) is 21.5. The van der Waals surface area contributed by atoms with Crippen molar-refractivity contribution in [3.63, 3.8) is 0 Å². The van der Waals surface area contributed by atoms with Gasteiger partial charge >= 0.3 is 5.97 Å². The van der Waals surface area contributed by atoms with E-state index in [0.717, 1.165) is 10.0 Å². The highest BCUT2D eigenvalue weighted by molar-refractivity contribution is 9.10. The van der Waals surface area contributed by atoms with Gasteiger partial charge in [-0.25, -0.2) is 10.2 Å². The van der Waals surface area contributed by atoms with Crippen LogP contribution in [-0.4, -0.2) is 18.1 Å². The highest BCUT2D eigenvalue weighted by Crippen LogP contribution is 2.22. The molecule has 0 aliphatic carbocycles. The third kappa shape index (κ3) is 6.40. The number of hydrogen-bond donors (Lipinski definition) is 1. The molecule has 5 nitrogen and oxygen atoms in total. The zero-order valence-electron chi connectivity index (χ0n) is 15.6. The molecule has 0 fully saturated rings. The van der Waals surface area contributed by atoms with E-state index in [1.807, 2.05) is 30.3 Å². The second kappa shape index (κ2) is 10.5. The van der Waals surface area contributed by atoms with Crippen molar-refractivity contribution < 1.29 is 14.3 Å². The monoisotopic (exact) mass is 482 g/mol. The molecule has 0 radical (unpaired) electrons. The second-order valence-electron chi connectivity index (χ2n) is 6.05. The number of nitrogens with zero attached hydrogens (tertiary/aromatic N) is 1. The van der Waals surface area contributed by atoms with Gasteiger partial charge in [-0.15, -0.1) is 0 Å². The van der Waals surface area contributed by atoms with Crippen molar-refractivity contribution >= 4 is 51.7 Å². The smallest absolute Gasteiger partial charge is 0.336 e. The summed E-state index contributed by atoms with van der Waals surface area (Å²) in [7, 11) is 0. The predicted octanol–water partition coefficient (Wildman–Crippen LogP) is 5.49. The number of hydrogen-bond acceptors (Lipinski definition) is 4. The van der Waals surface area contributed by atoms with E-state index in [4.69, 9.17) is 16.3 Å². The van der Waals surface area contributed by atoms with Crippen LogP contribution in [0, 0.1) is 0 Å². The predicted molar refractivity (Wildman–Crippen MR) is 122 cm³/mol. The molecule has 150 valence electrons.